The molecule has 0 saturated carbocycles. The van der Waals surface area contributed by atoms with E-state index in [4.69, 9.17) is 4.74 Å². The summed E-state index contributed by atoms with van der Waals surface area (Å²) in [6, 6.07) is 32.2. The highest BCUT2D eigenvalue weighted by Gasteiger charge is 2.24. The van der Waals surface area contributed by atoms with Crippen molar-refractivity contribution in [2.45, 2.75) is 6.54 Å². The standard InChI is InChI=1S/C32H33N5O3/c1-40-30-15-9-8-14-29(30)37-20-18-36(19-21-37)28-17-16-26(35-32(39)34-25-12-6-3-7-13-25)22-27(28)31(38)33-23-24-10-4-2-5-11-24/h2-17,22H,18-21,23H2,1H3,(H,33,38)(H2,34,35,39). The highest BCUT2D eigenvalue weighted by molar-refractivity contribution is 6.04. The van der Waals surface area contributed by atoms with Gasteiger partial charge in [-0.2, -0.15) is 0 Å². The van der Waals surface area contributed by atoms with Gasteiger partial charge in [0.05, 0.1) is 18.4 Å². The van der Waals surface area contributed by atoms with Gasteiger partial charge in [0, 0.05) is 49.8 Å². The Morgan fingerprint density at radius 2 is 1.30 bits per heavy atom. The molecule has 204 valence electrons. The Balaban J connectivity index is 1.33. The van der Waals surface area contributed by atoms with Crippen LogP contribution in [0.2, 0.25) is 0 Å². The summed E-state index contributed by atoms with van der Waals surface area (Å²) in [4.78, 5) is 30.6. The van der Waals surface area contributed by atoms with Crippen molar-refractivity contribution in [3.05, 3.63) is 114 Å². The molecule has 40 heavy (non-hydrogen) atoms. The molecule has 3 amide bonds. The molecule has 5 rings (SSSR count). The number of nitrogens with one attached hydrogen (secondary N) is 3. The first-order valence-electron chi connectivity index (χ1n) is 13.3. The van der Waals surface area contributed by atoms with Crippen LogP contribution in [0.5, 0.6) is 5.75 Å². The van der Waals surface area contributed by atoms with Crippen molar-refractivity contribution in [3.63, 3.8) is 0 Å². The molecule has 0 unspecified atom stereocenters. The highest BCUT2D eigenvalue weighted by atomic mass is 16.5. The van der Waals surface area contributed by atoms with E-state index >= 15 is 0 Å². The number of ether oxygens (including phenoxy) is 1. The minimum atomic E-state index is -0.375. The van der Waals surface area contributed by atoms with Crippen molar-refractivity contribution >= 4 is 34.7 Å². The second kappa shape index (κ2) is 12.7. The summed E-state index contributed by atoms with van der Waals surface area (Å²) >= 11 is 0. The predicted octanol–water partition coefficient (Wildman–Crippen LogP) is 5.60. The molecule has 3 N–H and O–H groups in total. The molecule has 4 aromatic carbocycles. The van der Waals surface area contributed by atoms with Gasteiger partial charge in [-0.3, -0.25) is 4.79 Å². The first kappa shape index (κ1) is 26.6. The lowest BCUT2D eigenvalue weighted by Gasteiger charge is -2.38. The van der Waals surface area contributed by atoms with Gasteiger partial charge in [0.15, 0.2) is 0 Å². The molecule has 1 aliphatic rings. The quantitative estimate of drug-likeness (QED) is 0.274. The van der Waals surface area contributed by atoms with Crippen LogP contribution in [0.3, 0.4) is 0 Å². The van der Waals surface area contributed by atoms with E-state index in [1.165, 1.54) is 0 Å². The third-order valence-electron chi connectivity index (χ3n) is 6.87. The van der Waals surface area contributed by atoms with Gasteiger partial charge in [-0.15, -0.1) is 0 Å². The van der Waals surface area contributed by atoms with Crippen molar-refractivity contribution in [2.75, 3.05) is 53.7 Å². The van der Waals surface area contributed by atoms with E-state index in [0.29, 0.717) is 23.5 Å². The Labute approximate surface area is 234 Å². The smallest absolute Gasteiger partial charge is 0.323 e. The zero-order chi connectivity index (χ0) is 27.7. The largest absolute Gasteiger partial charge is 0.495 e. The number of urea groups is 1. The Kier molecular flexibility index (Phi) is 8.46. The van der Waals surface area contributed by atoms with Crippen molar-refractivity contribution in [2.24, 2.45) is 0 Å². The number of rotatable bonds is 8. The van der Waals surface area contributed by atoms with Crippen LogP contribution in [0.15, 0.2) is 103 Å². The van der Waals surface area contributed by atoms with E-state index in [9.17, 15) is 9.59 Å². The van der Waals surface area contributed by atoms with Crippen molar-refractivity contribution in [1.82, 2.24) is 5.32 Å². The van der Waals surface area contributed by atoms with Gasteiger partial charge in [-0.1, -0.05) is 60.7 Å². The molecule has 0 radical (unpaired) electrons. The van der Waals surface area contributed by atoms with Crippen LogP contribution in [0.25, 0.3) is 0 Å². The molecule has 0 atom stereocenters. The summed E-state index contributed by atoms with van der Waals surface area (Å²) in [6.45, 7) is 3.44. The van der Waals surface area contributed by atoms with Gasteiger partial charge < -0.3 is 30.5 Å². The fraction of sp³-hybridized carbons (Fsp3) is 0.188. The molecule has 0 aliphatic carbocycles. The molecule has 4 aromatic rings. The molecule has 1 aliphatic heterocycles. The monoisotopic (exact) mass is 535 g/mol. The van der Waals surface area contributed by atoms with Gasteiger partial charge in [0.1, 0.15) is 5.75 Å². The molecule has 0 spiro atoms. The second-order valence-electron chi connectivity index (χ2n) is 9.49. The maximum atomic E-state index is 13.5. The van der Waals surface area contributed by atoms with Crippen molar-refractivity contribution in [3.8, 4) is 5.75 Å². The summed E-state index contributed by atoms with van der Waals surface area (Å²) < 4.78 is 5.56. The molecule has 8 heteroatoms. The van der Waals surface area contributed by atoms with Crippen LogP contribution >= 0.6 is 0 Å². The molecule has 1 fully saturated rings. The lowest BCUT2D eigenvalue weighted by atomic mass is 10.1. The average Bonchev–Trinajstić information content (AvgIpc) is 3.01. The molecule has 1 saturated heterocycles. The normalized spacial score (nSPS) is 12.9. The van der Waals surface area contributed by atoms with Crippen LogP contribution in [0.1, 0.15) is 15.9 Å². The molecular formula is C32H33N5O3. The topological polar surface area (TPSA) is 85.9 Å². The van der Waals surface area contributed by atoms with Crippen molar-refractivity contribution < 1.29 is 14.3 Å². The summed E-state index contributed by atoms with van der Waals surface area (Å²) in [5, 5.41) is 8.72. The minimum Gasteiger partial charge on any atom is -0.495 e. The number of hydrogen-bond donors (Lipinski definition) is 3. The SMILES string of the molecule is COc1ccccc1N1CCN(c2ccc(NC(=O)Nc3ccccc3)cc2C(=O)NCc2ccccc2)CC1. The van der Waals surface area contributed by atoms with E-state index in [1.807, 2.05) is 91.0 Å². The van der Waals surface area contributed by atoms with Crippen molar-refractivity contribution in [1.29, 1.82) is 0 Å². The summed E-state index contributed by atoms with van der Waals surface area (Å²) in [6.07, 6.45) is 0. The van der Waals surface area contributed by atoms with Gasteiger partial charge in [0.2, 0.25) is 0 Å². The Morgan fingerprint density at radius 1 is 0.700 bits per heavy atom. The maximum Gasteiger partial charge on any atom is 0.323 e. The number of amides is 3. The third kappa shape index (κ3) is 6.53. The summed E-state index contributed by atoms with van der Waals surface area (Å²) in [7, 11) is 1.69. The first-order valence-corrected chi connectivity index (χ1v) is 13.3. The molecule has 1 heterocycles. The number of carbonyl (C=O) groups is 2. The lowest BCUT2D eigenvalue weighted by Crippen LogP contribution is -2.47. The van der Waals surface area contributed by atoms with Gasteiger partial charge >= 0.3 is 6.03 Å². The summed E-state index contributed by atoms with van der Waals surface area (Å²) in [5.74, 6) is 0.652. The van der Waals surface area contributed by atoms with Crippen LogP contribution < -0.4 is 30.5 Å². The zero-order valence-corrected chi connectivity index (χ0v) is 22.5. The van der Waals surface area contributed by atoms with Crippen LogP contribution in [0.4, 0.5) is 27.5 Å². The van der Waals surface area contributed by atoms with Gasteiger partial charge in [-0.05, 0) is 48.0 Å². The number of hydrogen-bond acceptors (Lipinski definition) is 5. The van der Waals surface area contributed by atoms with Gasteiger partial charge in [-0.25, -0.2) is 4.79 Å². The van der Waals surface area contributed by atoms with E-state index in [-0.39, 0.29) is 11.9 Å². The Morgan fingerprint density at radius 3 is 2.00 bits per heavy atom. The molecule has 0 aromatic heterocycles. The number of anilines is 4. The molecule has 0 bridgehead atoms. The van der Waals surface area contributed by atoms with E-state index in [1.54, 1.807) is 13.2 Å². The number of carbonyl (C=O) groups excluding carboxylic acids is 2. The van der Waals surface area contributed by atoms with E-state index in [0.717, 1.165) is 48.9 Å². The average molecular weight is 536 g/mol. The fourth-order valence-electron chi connectivity index (χ4n) is 4.84. The zero-order valence-electron chi connectivity index (χ0n) is 22.5. The number of methoxy groups -OCH3 is 1. The predicted molar refractivity (Wildman–Crippen MR) is 161 cm³/mol. The van der Waals surface area contributed by atoms with E-state index < -0.39 is 0 Å². The number of para-hydroxylation sites is 3. The lowest BCUT2D eigenvalue weighted by molar-refractivity contribution is 0.0951. The van der Waals surface area contributed by atoms with Crippen LogP contribution in [-0.2, 0) is 6.54 Å². The summed E-state index contributed by atoms with van der Waals surface area (Å²) in [5.41, 5.74) is 4.65. The minimum absolute atomic E-state index is 0.196. The van der Waals surface area contributed by atoms with Crippen LogP contribution in [-0.4, -0.2) is 45.2 Å². The van der Waals surface area contributed by atoms with Crippen LogP contribution in [0, 0.1) is 0 Å². The fourth-order valence-corrected chi connectivity index (χ4v) is 4.84. The molecule has 8 nitrogen and oxygen atoms in total. The number of piperazine rings is 1. The maximum absolute atomic E-state index is 13.5. The number of nitrogens with zero attached hydrogens (tertiary/aromatic N) is 2. The van der Waals surface area contributed by atoms with Gasteiger partial charge in [0.25, 0.3) is 5.91 Å². The highest BCUT2D eigenvalue weighted by Crippen LogP contribution is 2.31. The molecular weight excluding hydrogens is 502 g/mol. The Hall–Kier alpha value is -4.98. The number of benzene rings is 4. The second-order valence-corrected chi connectivity index (χ2v) is 9.49. The van der Waals surface area contributed by atoms with E-state index in [2.05, 4.69) is 31.8 Å². The Bertz CT molecular complexity index is 1440. The first-order chi connectivity index (χ1) is 19.6. The third-order valence-corrected chi connectivity index (χ3v) is 6.87.